The predicted octanol–water partition coefficient (Wildman–Crippen LogP) is 5.28. The van der Waals surface area contributed by atoms with Gasteiger partial charge >= 0.3 is 0 Å². The molecule has 0 aromatic rings. The van der Waals surface area contributed by atoms with Gasteiger partial charge in [-0.1, -0.05) is 88.4 Å². The van der Waals surface area contributed by atoms with E-state index in [4.69, 9.17) is 10.6 Å². The van der Waals surface area contributed by atoms with Crippen molar-refractivity contribution < 1.29 is 10.2 Å². The minimum absolute atomic E-state index is 0.339. The number of hydrogen-bond donors (Lipinski definition) is 2. The molecule has 0 bridgehead atoms. The quantitative estimate of drug-likeness (QED) is 0.133. The Bertz CT molecular complexity index is 328. The van der Waals surface area contributed by atoms with Crippen LogP contribution >= 0.6 is 0 Å². The van der Waals surface area contributed by atoms with Crippen molar-refractivity contribution in [3.05, 3.63) is 22.6 Å². The maximum Gasteiger partial charge on any atom is 0.0900 e. The zero-order chi connectivity index (χ0) is 17.2. The van der Waals surface area contributed by atoms with Gasteiger partial charge < -0.3 is 10.2 Å². The largest absolute Gasteiger partial charge is 0.396 e. The van der Waals surface area contributed by atoms with E-state index in [-0.39, 0.29) is 6.61 Å². The van der Waals surface area contributed by atoms with Gasteiger partial charge in [-0.3, -0.25) is 0 Å². The number of nitrogens with zero attached hydrogens (tertiary/aromatic N) is 3. The molecule has 0 radical (unpaired) electrons. The molecule has 0 saturated carbocycles. The van der Waals surface area contributed by atoms with Crippen LogP contribution in [-0.2, 0) is 0 Å². The first kappa shape index (κ1) is 22.0. The minimum atomic E-state index is -0.899. The molecule has 5 heteroatoms. The molecule has 0 aliphatic heterocycles. The lowest BCUT2D eigenvalue weighted by Crippen LogP contribution is -2.25. The Balaban J connectivity index is 3.41. The number of rotatable bonds is 16. The summed E-state index contributed by atoms with van der Waals surface area (Å²) < 4.78 is 0. The molecule has 0 aliphatic rings. The standard InChI is InChI=1S/C18H35N3O2/c1-2-3-4-5-6-7-8-9-10-11-12-13-14-15-18(23)17(16-22)20-21-19/h14-15,17-18,22-23H,2-13,16H2,1H3/b15-14-/t17-,18+/m1/s1. The zero-order valence-electron chi connectivity index (χ0n) is 14.7. The summed E-state index contributed by atoms with van der Waals surface area (Å²) in [7, 11) is 0. The second-order valence-electron chi connectivity index (χ2n) is 6.20. The molecule has 0 heterocycles. The van der Waals surface area contributed by atoms with Crippen molar-refractivity contribution in [2.24, 2.45) is 5.11 Å². The fourth-order valence-electron chi connectivity index (χ4n) is 2.57. The van der Waals surface area contributed by atoms with Gasteiger partial charge in [-0.2, -0.15) is 0 Å². The van der Waals surface area contributed by atoms with E-state index in [1.165, 1.54) is 64.2 Å². The monoisotopic (exact) mass is 325 g/mol. The van der Waals surface area contributed by atoms with Crippen molar-refractivity contribution in [3.8, 4) is 0 Å². The highest BCUT2D eigenvalue weighted by Crippen LogP contribution is 2.12. The van der Waals surface area contributed by atoms with Crippen LogP contribution in [0, 0.1) is 0 Å². The van der Waals surface area contributed by atoms with Crippen LogP contribution in [0.4, 0.5) is 0 Å². The number of unbranched alkanes of at least 4 members (excludes halogenated alkanes) is 11. The number of hydrogen-bond acceptors (Lipinski definition) is 3. The van der Waals surface area contributed by atoms with Crippen molar-refractivity contribution in [1.82, 2.24) is 0 Å². The van der Waals surface area contributed by atoms with Crippen LogP contribution in [0.25, 0.3) is 10.4 Å². The average Bonchev–Trinajstić information content (AvgIpc) is 2.56. The Morgan fingerprint density at radius 2 is 1.48 bits per heavy atom. The number of aliphatic hydroxyl groups is 2. The molecule has 0 saturated heterocycles. The Hall–Kier alpha value is -1.03. The van der Waals surface area contributed by atoms with Gasteiger partial charge in [0.25, 0.3) is 0 Å². The fraction of sp³-hybridized carbons (Fsp3) is 0.889. The van der Waals surface area contributed by atoms with Crippen molar-refractivity contribution >= 4 is 0 Å². The molecule has 0 unspecified atom stereocenters. The average molecular weight is 325 g/mol. The summed E-state index contributed by atoms with van der Waals surface area (Å²) in [6.45, 7) is 1.91. The molecule has 0 fully saturated rings. The van der Waals surface area contributed by atoms with E-state index in [1.807, 2.05) is 6.08 Å². The molecule has 2 atom stereocenters. The maximum atomic E-state index is 9.71. The summed E-state index contributed by atoms with van der Waals surface area (Å²) in [5.41, 5.74) is 8.31. The van der Waals surface area contributed by atoms with Crippen LogP contribution in [0.1, 0.15) is 84.0 Å². The molecular weight excluding hydrogens is 290 g/mol. The second kappa shape index (κ2) is 17.3. The van der Waals surface area contributed by atoms with Crippen LogP contribution in [0.3, 0.4) is 0 Å². The van der Waals surface area contributed by atoms with Crippen LogP contribution in [0.15, 0.2) is 17.3 Å². The lowest BCUT2D eigenvalue weighted by molar-refractivity contribution is 0.144. The molecule has 2 N–H and O–H groups in total. The van der Waals surface area contributed by atoms with Crippen LogP contribution in [-0.4, -0.2) is 29.0 Å². The highest BCUT2D eigenvalue weighted by Gasteiger charge is 2.12. The third kappa shape index (κ3) is 14.3. The van der Waals surface area contributed by atoms with E-state index in [1.54, 1.807) is 6.08 Å². The summed E-state index contributed by atoms with van der Waals surface area (Å²) in [4.78, 5) is 2.61. The molecule has 0 aromatic heterocycles. The van der Waals surface area contributed by atoms with Gasteiger partial charge in [0, 0.05) is 4.91 Å². The van der Waals surface area contributed by atoms with Crippen molar-refractivity contribution in [2.45, 2.75) is 96.1 Å². The van der Waals surface area contributed by atoms with Gasteiger partial charge in [0.1, 0.15) is 0 Å². The topological polar surface area (TPSA) is 89.2 Å². The zero-order valence-corrected chi connectivity index (χ0v) is 14.7. The molecule has 0 rings (SSSR count). The first-order valence-corrected chi connectivity index (χ1v) is 9.26. The van der Waals surface area contributed by atoms with E-state index in [2.05, 4.69) is 16.9 Å². The van der Waals surface area contributed by atoms with Crippen LogP contribution in [0.2, 0.25) is 0 Å². The molecular formula is C18H35N3O2. The molecule has 23 heavy (non-hydrogen) atoms. The fourth-order valence-corrected chi connectivity index (χ4v) is 2.57. The van der Waals surface area contributed by atoms with Gasteiger partial charge in [-0.25, -0.2) is 0 Å². The molecule has 0 aliphatic carbocycles. The SMILES string of the molecule is CCCCCCCCCCCCC/C=C\[C@H](O)[C@@H](CO)N=[N+]=[N-]. The Morgan fingerprint density at radius 1 is 0.957 bits per heavy atom. The Kier molecular flexibility index (Phi) is 16.5. The van der Waals surface area contributed by atoms with E-state index >= 15 is 0 Å². The molecule has 0 aromatic carbocycles. The first-order chi connectivity index (χ1) is 11.3. The van der Waals surface area contributed by atoms with Gasteiger partial charge in [0.15, 0.2) is 0 Å². The Morgan fingerprint density at radius 3 is 1.96 bits per heavy atom. The predicted molar refractivity (Wildman–Crippen MR) is 96.2 cm³/mol. The third-order valence-electron chi connectivity index (χ3n) is 4.09. The summed E-state index contributed by atoms with van der Waals surface area (Å²) >= 11 is 0. The smallest absolute Gasteiger partial charge is 0.0900 e. The highest BCUT2D eigenvalue weighted by molar-refractivity contribution is 4.95. The highest BCUT2D eigenvalue weighted by atomic mass is 16.3. The lowest BCUT2D eigenvalue weighted by atomic mass is 10.0. The normalized spacial score (nSPS) is 13.9. The van der Waals surface area contributed by atoms with E-state index in [9.17, 15) is 5.11 Å². The van der Waals surface area contributed by atoms with Gasteiger partial charge in [-0.05, 0) is 18.4 Å². The van der Waals surface area contributed by atoms with Crippen molar-refractivity contribution in [3.63, 3.8) is 0 Å². The summed E-state index contributed by atoms with van der Waals surface area (Å²) in [6, 6.07) is -0.784. The summed E-state index contributed by atoms with van der Waals surface area (Å²) in [6.07, 6.45) is 18.1. The molecule has 134 valence electrons. The summed E-state index contributed by atoms with van der Waals surface area (Å²) in [5.74, 6) is 0. The van der Waals surface area contributed by atoms with Crippen LogP contribution < -0.4 is 0 Å². The number of allylic oxidation sites excluding steroid dienone is 1. The van der Waals surface area contributed by atoms with Gasteiger partial charge in [0.2, 0.25) is 0 Å². The lowest BCUT2D eigenvalue weighted by Gasteiger charge is -2.11. The minimum Gasteiger partial charge on any atom is -0.396 e. The number of azide groups is 1. The van der Waals surface area contributed by atoms with Crippen molar-refractivity contribution in [1.29, 1.82) is 0 Å². The van der Waals surface area contributed by atoms with E-state index in [0.717, 1.165) is 12.8 Å². The molecule has 0 spiro atoms. The maximum absolute atomic E-state index is 9.71. The van der Waals surface area contributed by atoms with Gasteiger partial charge in [-0.15, -0.1) is 0 Å². The van der Waals surface area contributed by atoms with Gasteiger partial charge in [0.05, 0.1) is 18.8 Å². The van der Waals surface area contributed by atoms with Crippen LogP contribution in [0.5, 0.6) is 0 Å². The summed E-state index contributed by atoms with van der Waals surface area (Å²) in [5, 5.41) is 22.0. The van der Waals surface area contributed by atoms with Crippen molar-refractivity contribution in [2.75, 3.05) is 6.61 Å². The van der Waals surface area contributed by atoms with E-state index < -0.39 is 12.1 Å². The third-order valence-corrected chi connectivity index (χ3v) is 4.09. The Labute approximate surface area is 141 Å². The number of aliphatic hydroxyl groups excluding tert-OH is 2. The second-order valence-corrected chi connectivity index (χ2v) is 6.20. The molecule has 0 amide bonds. The van der Waals surface area contributed by atoms with E-state index in [0.29, 0.717) is 0 Å². The first-order valence-electron chi connectivity index (χ1n) is 9.26. The molecule has 5 nitrogen and oxygen atoms in total.